The first kappa shape index (κ1) is 14.3. The Balaban J connectivity index is 2.94. The summed E-state index contributed by atoms with van der Waals surface area (Å²) in [6.45, 7) is 3.85. The maximum atomic E-state index is 10.5. The predicted molar refractivity (Wildman–Crippen MR) is 64.0 cm³/mol. The van der Waals surface area contributed by atoms with E-state index in [9.17, 15) is 9.90 Å². The normalized spacial score (nSPS) is 12.3. The third kappa shape index (κ3) is 3.92. The average Bonchev–Trinajstić information content (AvgIpc) is 2.27. The number of carboxylic acids is 1. The number of ether oxygens (including phenoxy) is 2. The van der Waals surface area contributed by atoms with Gasteiger partial charge in [0, 0.05) is 18.0 Å². The van der Waals surface area contributed by atoms with Gasteiger partial charge in [-0.25, -0.2) is 0 Å². The molecular formula is C13H19NO4. The minimum absolute atomic E-state index is 0.0449. The molecule has 0 bridgehead atoms. The first-order chi connectivity index (χ1) is 8.43. The van der Waals surface area contributed by atoms with Gasteiger partial charge in [0.2, 0.25) is 0 Å². The Labute approximate surface area is 107 Å². The van der Waals surface area contributed by atoms with Crippen molar-refractivity contribution in [3.05, 3.63) is 23.8 Å². The second kappa shape index (κ2) is 6.26. The molecule has 0 saturated heterocycles. The van der Waals surface area contributed by atoms with Gasteiger partial charge in [-0.3, -0.25) is 0 Å². The standard InChI is InChI=1S/C13H19NO4/c1-8(2)18-11-5-4-9(6-12(11)17-3)10(14)7-13(15)16/h4-6,8,10H,7,14H2,1-3H3,(H,15,16)/t10-/m0/s1. The third-order valence-corrected chi connectivity index (χ3v) is 2.43. The Bertz CT molecular complexity index is 417. The molecule has 1 rings (SSSR count). The molecule has 0 aliphatic carbocycles. The number of carboxylic acid groups (broad SMARTS) is 1. The molecule has 0 unspecified atom stereocenters. The molecular weight excluding hydrogens is 234 g/mol. The number of benzene rings is 1. The summed E-state index contributed by atoms with van der Waals surface area (Å²) in [5.41, 5.74) is 4.58. The van der Waals surface area contributed by atoms with Crippen molar-refractivity contribution in [1.29, 1.82) is 0 Å². The fraction of sp³-hybridized carbons (Fsp3) is 0.462. The molecule has 0 amide bonds. The van der Waals surface area contributed by atoms with Gasteiger partial charge in [-0.15, -0.1) is 0 Å². The summed E-state index contributed by atoms with van der Waals surface area (Å²) >= 11 is 0. The first-order valence-electron chi connectivity index (χ1n) is 5.81. The Morgan fingerprint density at radius 1 is 1.39 bits per heavy atom. The van der Waals surface area contributed by atoms with Gasteiger partial charge in [0.25, 0.3) is 0 Å². The fourth-order valence-corrected chi connectivity index (χ4v) is 1.61. The number of methoxy groups -OCH3 is 1. The topological polar surface area (TPSA) is 86.2 Å². The number of hydrogen-bond donors (Lipinski definition) is 1. The summed E-state index contributed by atoms with van der Waals surface area (Å²) in [7, 11) is 1.54. The molecule has 0 heterocycles. The van der Waals surface area contributed by atoms with Crippen LogP contribution < -0.4 is 20.3 Å². The van der Waals surface area contributed by atoms with E-state index in [1.54, 1.807) is 25.3 Å². The van der Waals surface area contributed by atoms with Gasteiger partial charge >= 0.3 is 0 Å². The van der Waals surface area contributed by atoms with Crippen molar-refractivity contribution in [2.75, 3.05) is 7.11 Å². The van der Waals surface area contributed by atoms with Gasteiger partial charge in [-0.2, -0.15) is 0 Å². The van der Waals surface area contributed by atoms with Crippen LogP contribution in [0.1, 0.15) is 31.9 Å². The van der Waals surface area contributed by atoms with Crippen LogP contribution in [0.5, 0.6) is 11.5 Å². The summed E-state index contributed by atoms with van der Waals surface area (Å²) in [4.78, 5) is 10.5. The molecule has 0 spiro atoms. The Hall–Kier alpha value is -1.75. The number of quaternary nitrogens is 1. The number of rotatable bonds is 6. The lowest BCUT2D eigenvalue weighted by atomic mass is 10.0. The maximum Gasteiger partial charge on any atom is 0.161 e. The summed E-state index contributed by atoms with van der Waals surface area (Å²) in [6.07, 6.45) is -0.0726. The van der Waals surface area contributed by atoms with Crippen LogP contribution in [0.3, 0.4) is 0 Å². The highest BCUT2D eigenvalue weighted by Crippen LogP contribution is 2.30. The van der Waals surface area contributed by atoms with E-state index in [2.05, 4.69) is 5.73 Å². The Morgan fingerprint density at radius 2 is 2.06 bits per heavy atom. The molecule has 5 nitrogen and oxygen atoms in total. The predicted octanol–water partition coefficient (Wildman–Crippen LogP) is -0.0946. The monoisotopic (exact) mass is 253 g/mol. The minimum atomic E-state index is -1.11. The zero-order valence-electron chi connectivity index (χ0n) is 10.9. The molecule has 0 aromatic heterocycles. The second-order valence-corrected chi connectivity index (χ2v) is 4.35. The zero-order chi connectivity index (χ0) is 13.7. The quantitative estimate of drug-likeness (QED) is 0.767. The Morgan fingerprint density at radius 3 is 2.56 bits per heavy atom. The van der Waals surface area contributed by atoms with Crippen molar-refractivity contribution in [1.82, 2.24) is 0 Å². The van der Waals surface area contributed by atoms with E-state index >= 15 is 0 Å². The summed E-state index contributed by atoms with van der Waals surface area (Å²) < 4.78 is 10.8. The van der Waals surface area contributed by atoms with E-state index in [-0.39, 0.29) is 18.6 Å². The first-order valence-corrected chi connectivity index (χ1v) is 5.81. The highest BCUT2D eigenvalue weighted by Gasteiger charge is 2.14. The van der Waals surface area contributed by atoms with E-state index < -0.39 is 5.97 Å². The molecule has 18 heavy (non-hydrogen) atoms. The second-order valence-electron chi connectivity index (χ2n) is 4.35. The molecule has 100 valence electrons. The lowest BCUT2D eigenvalue weighted by Crippen LogP contribution is -2.55. The largest absolute Gasteiger partial charge is 0.550 e. The highest BCUT2D eigenvalue weighted by molar-refractivity contribution is 5.65. The van der Waals surface area contributed by atoms with E-state index in [0.29, 0.717) is 11.5 Å². The van der Waals surface area contributed by atoms with Crippen molar-refractivity contribution < 1.29 is 25.1 Å². The van der Waals surface area contributed by atoms with Crippen molar-refractivity contribution in [2.24, 2.45) is 0 Å². The molecule has 5 heteroatoms. The van der Waals surface area contributed by atoms with Crippen LogP contribution in [0.25, 0.3) is 0 Å². The number of carbonyl (C=O) groups excluding carboxylic acids is 1. The van der Waals surface area contributed by atoms with Crippen molar-refractivity contribution in [3.8, 4) is 11.5 Å². The van der Waals surface area contributed by atoms with Crippen LogP contribution in [0.15, 0.2) is 18.2 Å². The van der Waals surface area contributed by atoms with Crippen LogP contribution in [0.2, 0.25) is 0 Å². The molecule has 0 aliphatic heterocycles. The molecule has 0 fully saturated rings. The highest BCUT2D eigenvalue weighted by atomic mass is 16.5. The Kier molecular flexibility index (Phi) is 4.97. The van der Waals surface area contributed by atoms with E-state index in [4.69, 9.17) is 9.47 Å². The van der Waals surface area contributed by atoms with Crippen LogP contribution in [-0.4, -0.2) is 19.2 Å². The molecule has 0 radical (unpaired) electrons. The van der Waals surface area contributed by atoms with Gasteiger partial charge in [-0.05, 0) is 32.0 Å². The van der Waals surface area contributed by atoms with Gasteiger partial charge in [-0.1, -0.05) is 0 Å². The molecule has 1 aromatic rings. The van der Waals surface area contributed by atoms with Gasteiger partial charge in [0.15, 0.2) is 11.5 Å². The van der Waals surface area contributed by atoms with Gasteiger partial charge < -0.3 is 25.1 Å². The van der Waals surface area contributed by atoms with Crippen LogP contribution in [-0.2, 0) is 4.79 Å². The average molecular weight is 253 g/mol. The summed E-state index contributed by atoms with van der Waals surface area (Å²) in [5, 5.41) is 10.5. The molecule has 0 saturated carbocycles. The van der Waals surface area contributed by atoms with E-state index in [0.717, 1.165) is 5.56 Å². The molecule has 3 N–H and O–H groups in total. The summed E-state index contributed by atoms with van der Waals surface area (Å²) in [5.74, 6) is 0.0987. The summed E-state index contributed by atoms with van der Waals surface area (Å²) in [6, 6.07) is 4.94. The van der Waals surface area contributed by atoms with Crippen molar-refractivity contribution in [3.63, 3.8) is 0 Å². The van der Waals surface area contributed by atoms with Crippen LogP contribution in [0, 0.1) is 0 Å². The number of carbonyl (C=O) groups is 1. The minimum Gasteiger partial charge on any atom is -0.550 e. The van der Waals surface area contributed by atoms with Gasteiger partial charge in [0.05, 0.1) is 13.2 Å². The number of aliphatic carboxylic acids is 1. The van der Waals surface area contributed by atoms with E-state index in [1.807, 2.05) is 13.8 Å². The smallest absolute Gasteiger partial charge is 0.161 e. The molecule has 1 atom stereocenters. The van der Waals surface area contributed by atoms with Crippen molar-refractivity contribution >= 4 is 5.97 Å². The van der Waals surface area contributed by atoms with Crippen LogP contribution >= 0.6 is 0 Å². The van der Waals surface area contributed by atoms with Crippen molar-refractivity contribution in [2.45, 2.75) is 32.4 Å². The van der Waals surface area contributed by atoms with Gasteiger partial charge in [0.1, 0.15) is 6.04 Å². The maximum absolute atomic E-state index is 10.5. The molecule has 0 aliphatic rings. The fourth-order valence-electron chi connectivity index (χ4n) is 1.61. The lowest BCUT2D eigenvalue weighted by Gasteiger charge is -2.16. The van der Waals surface area contributed by atoms with Crippen LogP contribution in [0.4, 0.5) is 0 Å². The van der Waals surface area contributed by atoms with E-state index in [1.165, 1.54) is 0 Å². The molecule has 1 aromatic carbocycles. The number of hydrogen-bond acceptors (Lipinski definition) is 4. The zero-order valence-corrected chi connectivity index (χ0v) is 10.9. The SMILES string of the molecule is COc1cc([C@@H]([NH3+])CC(=O)[O-])ccc1OC(C)C. The third-order valence-electron chi connectivity index (χ3n) is 2.43. The lowest BCUT2D eigenvalue weighted by molar-refractivity contribution is -0.430.